The van der Waals surface area contributed by atoms with Crippen LogP contribution in [0.25, 0.3) is 10.9 Å². The van der Waals surface area contributed by atoms with Crippen LogP contribution in [0.3, 0.4) is 0 Å². The molecule has 4 nitrogen and oxygen atoms in total. The molecule has 6 heteroatoms. The highest BCUT2D eigenvalue weighted by molar-refractivity contribution is 7.90. The van der Waals surface area contributed by atoms with Gasteiger partial charge in [-0.25, -0.2) is 12.4 Å². The number of carbonyl (C=O) groups excluding carboxylic acids is 1. The lowest BCUT2D eigenvalue weighted by Gasteiger charge is -2.10. The van der Waals surface area contributed by atoms with Gasteiger partial charge >= 0.3 is 0 Å². The van der Waals surface area contributed by atoms with Crippen LogP contribution in [-0.4, -0.2) is 18.2 Å². The summed E-state index contributed by atoms with van der Waals surface area (Å²) in [6.07, 6.45) is 0. The van der Waals surface area contributed by atoms with Crippen molar-refractivity contribution in [2.75, 3.05) is 0 Å². The number of ketones is 1. The highest BCUT2D eigenvalue weighted by Crippen LogP contribution is 2.32. The van der Waals surface area contributed by atoms with Crippen molar-refractivity contribution in [3.05, 3.63) is 88.2 Å². The Morgan fingerprint density at radius 3 is 2.31 bits per heavy atom. The highest BCUT2D eigenvalue weighted by Gasteiger charge is 2.28. The summed E-state index contributed by atoms with van der Waals surface area (Å²) >= 11 is 1.35. The molecule has 0 fully saturated rings. The molecule has 0 spiro atoms. The van der Waals surface area contributed by atoms with Crippen LogP contribution in [0.5, 0.6) is 0 Å². The SMILES string of the molecule is Cc1c(C(=O)c2cccs2)c2ccccc2n1S(=O)(=O)c1ccccc1. The first-order valence-electron chi connectivity index (χ1n) is 8.00. The van der Waals surface area contributed by atoms with E-state index in [1.165, 1.54) is 15.3 Å². The van der Waals surface area contributed by atoms with Crippen molar-refractivity contribution in [1.29, 1.82) is 0 Å². The van der Waals surface area contributed by atoms with E-state index >= 15 is 0 Å². The average Bonchev–Trinajstić information content (AvgIpc) is 3.28. The van der Waals surface area contributed by atoms with Crippen molar-refractivity contribution in [1.82, 2.24) is 3.97 Å². The third-order valence-electron chi connectivity index (χ3n) is 4.31. The lowest BCUT2D eigenvalue weighted by molar-refractivity contribution is 0.104. The number of rotatable bonds is 4. The standard InChI is InChI=1S/C20H15NO3S2/c1-14-19(20(22)18-12-7-13-25-18)16-10-5-6-11-17(16)21(14)26(23,24)15-8-3-2-4-9-15/h2-13H,1H3. The van der Waals surface area contributed by atoms with Crippen molar-refractivity contribution in [2.45, 2.75) is 11.8 Å². The summed E-state index contributed by atoms with van der Waals surface area (Å²) in [6.45, 7) is 1.68. The van der Waals surface area contributed by atoms with E-state index in [0.717, 1.165) is 0 Å². The van der Waals surface area contributed by atoms with E-state index < -0.39 is 10.0 Å². The number of para-hydroxylation sites is 1. The molecule has 0 N–H and O–H groups in total. The molecule has 0 radical (unpaired) electrons. The molecule has 4 aromatic rings. The lowest BCUT2D eigenvalue weighted by atomic mass is 10.1. The Balaban J connectivity index is 2.04. The summed E-state index contributed by atoms with van der Waals surface area (Å²) in [6, 6.07) is 18.9. The zero-order valence-corrected chi connectivity index (χ0v) is 15.5. The van der Waals surface area contributed by atoms with Crippen LogP contribution in [0.1, 0.15) is 20.9 Å². The van der Waals surface area contributed by atoms with Gasteiger partial charge in [-0.15, -0.1) is 11.3 Å². The number of fused-ring (bicyclic) bond motifs is 1. The number of hydrogen-bond donors (Lipinski definition) is 0. The Morgan fingerprint density at radius 1 is 0.923 bits per heavy atom. The third-order valence-corrected chi connectivity index (χ3v) is 7.00. The Kier molecular flexibility index (Phi) is 4.01. The molecule has 0 aliphatic rings. The number of aromatic nitrogens is 1. The summed E-state index contributed by atoms with van der Waals surface area (Å²) in [5, 5.41) is 2.48. The van der Waals surface area contributed by atoms with Gasteiger partial charge < -0.3 is 0 Å². The Morgan fingerprint density at radius 2 is 1.62 bits per heavy atom. The van der Waals surface area contributed by atoms with E-state index in [-0.39, 0.29) is 10.7 Å². The highest BCUT2D eigenvalue weighted by atomic mass is 32.2. The van der Waals surface area contributed by atoms with Crippen LogP contribution in [-0.2, 0) is 10.0 Å². The quantitative estimate of drug-likeness (QED) is 0.490. The molecule has 0 saturated carbocycles. The van der Waals surface area contributed by atoms with Crippen molar-refractivity contribution in [3.63, 3.8) is 0 Å². The van der Waals surface area contributed by atoms with Gasteiger partial charge in [-0.05, 0) is 36.6 Å². The molecule has 26 heavy (non-hydrogen) atoms. The third kappa shape index (κ3) is 2.50. The molecule has 0 aliphatic carbocycles. The molecular weight excluding hydrogens is 366 g/mol. The van der Waals surface area contributed by atoms with E-state index in [1.54, 1.807) is 61.5 Å². The normalized spacial score (nSPS) is 11.7. The largest absolute Gasteiger partial charge is 0.288 e. The summed E-state index contributed by atoms with van der Waals surface area (Å²) in [5.74, 6) is -0.157. The first kappa shape index (κ1) is 16.8. The second-order valence-electron chi connectivity index (χ2n) is 5.87. The van der Waals surface area contributed by atoms with Gasteiger partial charge in [0.25, 0.3) is 10.0 Å². The molecular formula is C20H15NO3S2. The molecule has 2 heterocycles. The Bertz CT molecular complexity index is 1200. The molecule has 4 rings (SSSR count). The number of benzene rings is 2. The first-order valence-corrected chi connectivity index (χ1v) is 10.3. The fourth-order valence-electron chi connectivity index (χ4n) is 3.16. The van der Waals surface area contributed by atoms with Gasteiger partial charge in [0.1, 0.15) is 0 Å². The molecule has 0 atom stereocenters. The van der Waals surface area contributed by atoms with Crippen molar-refractivity contribution in [2.24, 2.45) is 0 Å². The first-order chi connectivity index (χ1) is 12.5. The second-order valence-corrected chi connectivity index (χ2v) is 8.60. The van der Waals surface area contributed by atoms with Crippen LogP contribution in [0.15, 0.2) is 77.0 Å². The summed E-state index contributed by atoms with van der Waals surface area (Å²) in [5.41, 5.74) is 1.37. The van der Waals surface area contributed by atoms with E-state index in [9.17, 15) is 13.2 Å². The van der Waals surface area contributed by atoms with Gasteiger partial charge in [-0.2, -0.15) is 0 Å². The zero-order chi connectivity index (χ0) is 18.3. The number of thiophene rings is 1. The van der Waals surface area contributed by atoms with Crippen LogP contribution in [0, 0.1) is 6.92 Å². The topological polar surface area (TPSA) is 56.1 Å². The van der Waals surface area contributed by atoms with Gasteiger partial charge in [-0.1, -0.05) is 42.5 Å². The fourth-order valence-corrected chi connectivity index (χ4v) is 5.42. The molecule has 0 amide bonds. The smallest absolute Gasteiger partial charge is 0.268 e. The van der Waals surface area contributed by atoms with Crippen molar-refractivity contribution in [3.8, 4) is 0 Å². The van der Waals surface area contributed by atoms with Crippen molar-refractivity contribution < 1.29 is 13.2 Å². The lowest BCUT2D eigenvalue weighted by Crippen LogP contribution is -2.15. The van der Waals surface area contributed by atoms with E-state index in [2.05, 4.69) is 0 Å². The Hall–Kier alpha value is -2.70. The minimum atomic E-state index is -3.81. The van der Waals surface area contributed by atoms with Crippen LogP contribution in [0.2, 0.25) is 0 Å². The maximum absolute atomic E-state index is 13.2. The molecule has 2 aromatic carbocycles. The average molecular weight is 381 g/mol. The minimum absolute atomic E-state index is 0.157. The molecule has 0 bridgehead atoms. The predicted octanol–water partition coefficient (Wildman–Crippen LogP) is 4.48. The van der Waals surface area contributed by atoms with E-state index in [4.69, 9.17) is 0 Å². The molecule has 2 aromatic heterocycles. The molecule has 0 aliphatic heterocycles. The van der Waals surface area contributed by atoms with Crippen LogP contribution >= 0.6 is 11.3 Å². The maximum atomic E-state index is 13.2. The van der Waals surface area contributed by atoms with Gasteiger partial charge in [0.15, 0.2) is 0 Å². The van der Waals surface area contributed by atoms with E-state index in [1.807, 2.05) is 17.5 Å². The monoisotopic (exact) mass is 381 g/mol. The number of nitrogens with zero attached hydrogens (tertiary/aromatic N) is 1. The predicted molar refractivity (Wildman–Crippen MR) is 103 cm³/mol. The van der Waals surface area contributed by atoms with E-state index in [0.29, 0.717) is 27.0 Å². The zero-order valence-electron chi connectivity index (χ0n) is 13.9. The van der Waals surface area contributed by atoms with Crippen LogP contribution in [0.4, 0.5) is 0 Å². The summed E-state index contributed by atoms with van der Waals surface area (Å²) < 4.78 is 27.8. The minimum Gasteiger partial charge on any atom is -0.288 e. The second kappa shape index (κ2) is 6.23. The summed E-state index contributed by atoms with van der Waals surface area (Å²) in [7, 11) is -3.81. The molecule has 0 unspecified atom stereocenters. The van der Waals surface area contributed by atoms with Crippen molar-refractivity contribution >= 4 is 38.0 Å². The van der Waals surface area contributed by atoms with Gasteiger partial charge in [0.2, 0.25) is 5.78 Å². The van der Waals surface area contributed by atoms with Gasteiger partial charge in [-0.3, -0.25) is 4.79 Å². The Labute approximate surface area is 155 Å². The number of hydrogen-bond acceptors (Lipinski definition) is 4. The van der Waals surface area contributed by atoms with Crippen LogP contribution < -0.4 is 0 Å². The number of carbonyl (C=O) groups is 1. The summed E-state index contributed by atoms with van der Waals surface area (Å²) in [4.78, 5) is 13.8. The fraction of sp³-hybridized carbons (Fsp3) is 0.0500. The van der Waals surface area contributed by atoms with Gasteiger partial charge in [0.05, 0.1) is 20.9 Å². The molecule has 0 saturated heterocycles. The maximum Gasteiger partial charge on any atom is 0.268 e. The van der Waals surface area contributed by atoms with Gasteiger partial charge in [0, 0.05) is 11.1 Å². The molecule has 130 valence electrons.